The van der Waals surface area contributed by atoms with Gasteiger partial charge in [0.1, 0.15) is 6.10 Å². The molecule has 4 N–H and O–H groups in total. The SMILES string of the molecule is NS(=O)(=O)c1ccccc1CNC(=O)C(O)C1CCCCC1. The summed E-state index contributed by atoms with van der Waals surface area (Å²) in [7, 11) is -3.84. The number of amides is 1. The maximum Gasteiger partial charge on any atom is 0.249 e. The zero-order valence-electron chi connectivity index (χ0n) is 12.4. The molecule has 1 aliphatic rings. The zero-order valence-corrected chi connectivity index (χ0v) is 13.2. The number of carbonyl (C=O) groups is 1. The Morgan fingerprint density at radius 3 is 2.55 bits per heavy atom. The van der Waals surface area contributed by atoms with E-state index >= 15 is 0 Å². The first kappa shape index (κ1) is 16.9. The van der Waals surface area contributed by atoms with Crippen molar-refractivity contribution < 1.29 is 18.3 Å². The fourth-order valence-corrected chi connectivity index (χ4v) is 3.65. The van der Waals surface area contributed by atoms with Crippen molar-refractivity contribution in [2.24, 2.45) is 11.1 Å². The number of hydrogen-bond acceptors (Lipinski definition) is 4. The van der Waals surface area contributed by atoms with E-state index in [-0.39, 0.29) is 17.4 Å². The van der Waals surface area contributed by atoms with Gasteiger partial charge in [0.15, 0.2) is 0 Å². The second-order valence-corrected chi connectivity index (χ2v) is 7.24. The molecular formula is C15H22N2O4S. The summed E-state index contributed by atoms with van der Waals surface area (Å²) in [6.07, 6.45) is 3.87. The number of nitrogens with two attached hydrogens (primary N) is 1. The van der Waals surface area contributed by atoms with Crippen LogP contribution in [0.5, 0.6) is 0 Å². The van der Waals surface area contributed by atoms with Crippen molar-refractivity contribution in [1.29, 1.82) is 0 Å². The number of aliphatic hydroxyl groups excluding tert-OH is 1. The number of primary sulfonamides is 1. The van der Waals surface area contributed by atoms with Crippen LogP contribution in [0.25, 0.3) is 0 Å². The Kier molecular flexibility index (Phi) is 5.55. The molecule has 1 unspecified atom stereocenters. The minimum absolute atomic E-state index is 0.0116. The molecule has 0 aliphatic heterocycles. The molecule has 1 atom stereocenters. The number of benzene rings is 1. The van der Waals surface area contributed by atoms with E-state index in [1.807, 2.05) is 0 Å². The summed E-state index contributed by atoms with van der Waals surface area (Å²) in [6, 6.07) is 6.23. The molecular weight excluding hydrogens is 304 g/mol. The Hall–Kier alpha value is -1.44. The Morgan fingerprint density at radius 1 is 1.27 bits per heavy atom. The van der Waals surface area contributed by atoms with E-state index in [2.05, 4.69) is 5.32 Å². The van der Waals surface area contributed by atoms with Crippen LogP contribution >= 0.6 is 0 Å². The van der Waals surface area contributed by atoms with Crippen LogP contribution in [0.1, 0.15) is 37.7 Å². The molecule has 0 radical (unpaired) electrons. The van der Waals surface area contributed by atoms with Crippen LogP contribution in [0.3, 0.4) is 0 Å². The van der Waals surface area contributed by atoms with Gasteiger partial charge in [-0.1, -0.05) is 37.5 Å². The third kappa shape index (κ3) is 4.28. The Morgan fingerprint density at radius 2 is 1.91 bits per heavy atom. The summed E-state index contributed by atoms with van der Waals surface area (Å²) in [5, 5.41) is 17.8. The lowest BCUT2D eigenvalue weighted by Gasteiger charge is -2.25. The first-order valence-corrected chi connectivity index (χ1v) is 9.00. The second kappa shape index (κ2) is 7.21. The number of hydrogen-bond donors (Lipinski definition) is 3. The minimum Gasteiger partial charge on any atom is -0.383 e. The summed E-state index contributed by atoms with van der Waals surface area (Å²) in [4.78, 5) is 12.0. The maximum absolute atomic E-state index is 12.0. The van der Waals surface area contributed by atoms with Crippen molar-refractivity contribution in [3.05, 3.63) is 29.8 Å². The van der Waals surface area contributed by atoms with Gasteiger partial charge in [-0.25, -0.2) is 13.6 Å². The van der Waals surface area contributed by atoms with Gasteiger partial charge in [-0.3, -0.25) is 4.79 Å². The summed E-state index contributed by atoms with van der Waals surface area (Å²) < 4.78 is 23.0. The van der Waals surface area contributed by atoms with Gasteiger partial charge in [-0.2, -0.15) is 0 Å². The smallest absolute Gasteiger partial charge is 0.249 e. The molecule has 1 saturated carbocycles. The van der Waals surface area contributed by atoms with Gasteiger partial charge in [-0.05, 0) is 30.4 Å². The molecule has 0 saturated heterocycles. The van der Waals surface area contributed by atoms with Gasteiger partial charge >= 0.3 is 0 Å². The highest BCUT2D eigenvalue weighted by Gasteiger charge is 2.27. The van der Waals surface area contributed by atoms with Gasteiger partial charge in [0.05, 0.1) is 4.90 Å². The first-order chi connectivity index (χ1) is 10.4. The standard InChI is InChI=1S/C15H22N2O4S/c16-22(20,21)13-9-5-4-8-12(13)10-17-15(19)14(18)11-6-2-1-3-7-11/h4-5,8-9,11,14,18H,1-3,6-7,10H2,(H,17,19)(H2,16,20,21). The highest BCUT2D eigenvalue weighted by molar-refractivity contribution is 7.89. The van der Waals surface area contributed by atoms with Gasteiger partial charge in [0.2, 0.25) is 15.9 Å². The number of aliphatic hydroxyl groups is 1. The van der Waals surface area contributed by atoms with E-state index in [4.69, 9.17) is 5.14 Å². The molecule has 1 aromatic carbocycles. The minimum atomic E-state index is -3.84. The van der Waals surface area contributed by atoms with Crippen molar-refractivity contribution in [1.82, 2.24) is 5.32 Å². The Labute approximate surface area is 130 Å². The summed E-state index contributed by atoms with van der Waals surface area (Å²) in [6.45, 7) is 0.0230. The molecule has 22 heavy (non-hydrogen) atoms. The summed E-state index contributed by atoms with van der Waals surface area (Å²) >= 11 is 0. The van der Waals surface area contributed by atoms with Crippen LogP contribution in [0, 0.1) is 5.92 Å². The number of carbonyl (C=O) groups excluding carboxylic acids is 1. The van der Waals surface area contributed by atoms with E-state index in [0.29, 0.717) is 5.56 Å². The van der Waals surface area contributed by atoms with Crippen LogP contribution in [-0.4, -0.2) is 25.5 Å². The van der Waals surface area contributed by atoms with Gasteiger partial charge in [0, 0.05) is 6.54 Å². The number of sulfonamides is 1. The number of nitrogens with one attached hydrogen (secondary N) is 1. The van der Waals surface area contributed by atoms with E-state index in [9.17, 15) is 18.3 Å². The van der Waals surface area contributed by atoms with Crippen LogP contribution in [0.2, 0.25) is 0 Å². The van der Waals surface area contributed by atoms with Crippen molar-refractivity contribution in [3.63, 3.8) is 0 Å². The summed E-state index contributed by atoms with van der Waals surface area (Å²) in [5.74, 6) is -0.474. The molecule has 7 heteroatoms. The molecule has 0 heterocycles. The molecule has 122 valence electrons. The van der Waals surface area contributed by atoms with Crippen molar-refractivity contribution >= 4 is 15.9 Å². The van der Waals surface area contributed by atoms with Crippen LogP contribution in [-0.2, 0) is 21.4 Å². The molecule has 0 aromatic heterocycles. The highest BCUT2D eigenvalue weighted by Crippen LogP contribution is 2.26. The predicted molar refractivity (Wildman–Crippen MR) is 82.2 cm³/mol. The highest BCUT2D eigenvalue weighted by atomic mass is 32.2. The van der Waals surface area contributed by atoms with E-state index < -0.39 is 22.0 Å². The quantitative estimate of drug-likeness (QED) is 0.746. The molecule has 2 rings (SSSR count). The predicted octanol–water partition coefficient (Wildman–Crippen LogP) is 0.891. The lowest BCUT2D eigenvalue weighted by molar-refractivity contribution is -0.132. The largest absolute Gasteiger partial charge is 0.383 e. The average Bonchev–Trinajstić information content (AvgIpc) is 2.52. The summed E-state index contributed by atoms with van der Waals surface area (Å²) in [5.41, 5.74) is 0.411. The zero-order chi connectivity index (χ0) is 16.2. The third-order valence-corrected chi connectivity index (χ3v) is 5.11. The van der Waals surface area contributed by atoms with Crippen molar-refractivity contribution in [2.45, 2.75) is 49.6 Å². The number of rotatable bonds is 5. The van der Waals surface area contributed by atoms with E-state index in [1.54, 1.807) is 18.2 Å². The lowest BCUT2D eigenvalue weighted by atomic mass is 9.85. The lowest BCUT2D eigenvalue weighted by Crippen LogP contribution is -2.40. The fourth-order valence-electron chi connectivity index (χ4n) is 2.88. The molecule has 1 amide bonds. The topological polar surface area (TPSA) is 109 Å². The second-order valence-electron chi connectivity index (χ2n) is 5.71. The Balaban J connectivity index is 1.99. The van der Waals surface area contributed by atoms with Gasteiger partial charge in [0.25, 0.3) is 0 Å². The molecule has 0 bridgehead atoms. The Bertz CT molecular complexity index is 624. The van der Waals surface area contributed by atoms with Crippen LogP contribution in [0.4, 0.5) is 0 Å². The normalized spacial score (nSPS) is 17.9. The van der Waals surface area contributed by atoms with Crippen LogP contribution in [0.15, 0.2) is 29.2 Å². The fraction of sp³-hybridized carbons (Fsp3) is 0.533. The van der Waals surface area contributed by atoms with Gasteiger partial charge in [-0.15, -0.1) is 0 Å². The van der Waals surface area contributed by atoms with Crippen molar-refractivity contribution in [3.8, 4) is 0 Å². The van der Waals surface area contributed by atoms with E-state index in [1.165, 1.54) is 6.07 Å². The first-order valence-electron chi connectivity index (χ1n) is 7.46. The van der Waals surface area contributed by atoms with Crippen LogP contribution < -0.4 is 10.5 Å². The van der Waals surface area contributed by atoms with Crippen molar-refractivity contribution in [2.75, 3.05) is 0 Å². The molecule has 1 aromatic rings. The monoisotopic (exact) mass is 326 g/mol. The third-order valence-electron chi connectivity index (χ3n) is 4.10. The molecule has 0 spiro atoms. The van der Waals surface area contributed by atoms with Gasteiger partial charge < -0.3 is 10.4 Å². The average molecular weight is 326 g/mol. The molecule has 1 aliphatic carbocycles. The van der Waals surface area contributed by atoms with E-state index in [0.717, 1.165) is 32.1 Å². The maximum atomic E-state index is 12.0. The molecule has 6 nitrogen and oxygen atoms in total. The molecule has 1 fully saturated rings.